The second kappa shape index (κ2) is 8.05. The molecule has 0 saturated carbocycles. The minimum absolute atomic E-state index is 0.0611. The van der Waals surface area contributed by atoms with Gasteiger partial charge in [-0.3, -0.25) is 0 Å². The van der Waals surface area contributed by atoms with Gasteiger partial charge in [-0.05, 0) is 50.2 Å². The van der Waals surface area contributed by atoms with Crippen molar-refractivity contribution in [1.82, 2.24) is 10.1 Å². The molecule has 0 atom stereocenters. The summed E-state index contributed by atoms with van der Waals surface area (Å²) in [4.78, 5) is 15.2. The lowest BCUT2D eigenvalue weighted by atomic mass is 10.1. The van der Waals surface area contributed by atoms with Crippen molar-refractivity contribution in [2.45, 2.75) is 32.2 Å². The largest absolute Gasteiger partial charge is 0.484 e. The van der Waals surface area contributed by atoms with Gasteiger partial charge in [0.2, 0.25) is 5.82 Å². The van der Waals surface area contributed by atoms with E-state index in [1.807, 2.05) is 0 Å². The number of hydrogen-bond donors (Lipinski definition) is 1. The van der Waals surface area contributed by atoms with Crippen LogP contribution in [0.3, 0.4) is 0 Å². The first-order valence-corrected chi connectivity index (χ1v) is 8.70. The molecule has 0 aliphatic heterocycles. The van der Waals surface area contributed by atoms with E-state index in [1.165, 1.54) is 26.0 Å². The van der Waals surface area contributed by atoms with Gasteiger partial charge in [0.1, 0.15) is 11.5 Å². The zero-order valence-corrected chi connectivity index (χ0v) is 15.9. The van der Waals surface area contributed by atoms with Crippen LogP contribution in [0.4, 0.5) is 13.2 Å². The number of rotatable bonds is 7. The Morgan fingerprint density at radius 2 is 1.63 bits per heavy atom. The number of aromatic nitrogens is 2. The third kappa shape index (κ3) is 5.07. The second-order valence-corrected chi connectivity index (χ2v) is 6.76. The number of nitrogens with zero attached hydrogens (tertiary/aromatic N) is 2. The maximum absolute atomic E-state index is 12.6. The summed E-state index contributed by atoms with van der Waals surface area (Å²) in [7, 11) is 0. The molecule has 1 heterocycles. The molecular weight excluding hydrogens is 405 g/mol. The van der Waals surface area contributed by atoms with Crippen LogP contribution >= 0.6 is 0 Å². The molecule has 158 valence electrons. The summed E-state index contributed by atoms with van der Waals surface area (Å²) in [5, 5.41) is 12.8. The van der Waals surface area contributed by atoms with E-state index < -0.39 is 23.3 Å². The Morgan fingerprint density at radius 1 is 1.03 bits per heavy atom. The summed E-state index contributed by atoms with van der Waals surface area (Å²) in [5.74, 6) is -0.0100. The predicted molar refractivity (Wildman–Crippen MR) is 97.9 cm³/mol. The van der Waals surface area contributed by atoms with Crippen molar-refractivity contribution in [3.63, 3.8) is 0 Å². The van der Waals surface area contributed by atoms with Gasteiger partial charge in [0, 0.05) is 5.56 Å². The number of aliphatic carboxylic acids is 1. The van der Waals surface area contributed by atoms with E-state index in [2.05, 4.69) is 10.1 Å². The molecule has 0 unspecified atom stereocenters. The number of ether oxygens (including phenoxy) is 2. The molecule has 2 aromatic carbocycles. The molecule has 0 spiro atoms. The minimum atomic E-state index is -4.42. The average Bonchev–Trinajstić information content (AvgIpc) is 3.15. The van der Waals surface area contributed by atoms with Crippen LogP contribution in [0.1, 0.15) is 25.3 Å². The Kier molecular flexibility index (Phi) is 5.68. The molecule has 3 rings (SSSR count). The molecule has 0 aliphatic rings. The minimum Gasteiger partial charge on any atom is -0.484 e. The fourth-order valence-corrected chi connectivity index (χ4v) is 2.33. The summed E-state index contributed by atoms with van der Waals surface area (Å²) >= 11 is 0. The van der Waals surface area contributed by atoms with Gasteiger partial charge in [-0.15, -0.1) is 0 Å². The van der Waals surface area contributed by atoms with Crippen molar-refractivity contribution in [2.75, 3.05) is 0 Å². The smallest absolute Gasteiger partial charge is 0.416 e. The van der Waals surface area contributed by atoms with Gasteiger partial charge in [0.25, 0.3) is 5.89 Å². The van der Waals surface area contributed by atoms with Gasteiger partial charge < -0.3 is 19.1 Å². The van der Waals surface area contributed by atoms with Crippen LogP contribution in [0.15, 0.2) is 53.1 Å². The number of hydrogen-bond acceptors (Lipinski definition) is 6. The van der Waals surface area contributed by atoms with Crippen LogP contribution in [0.25, 0.3) is 11.4 Å². The number of carboxylic acid groups (broad SMARTS) is 1. The topological polar surface area (TPSA) is 94.7 Å². The molecule has 0 saturated heterocycles. The van der Waals surface area contributed by atoms with Crippen LogP contribution in [-0.2, 0) is 17.6 Å². The Hall–Kier alpha value is -3.56. The van der Waals surface area contributed by atoms with Crippen LogP contribution < -0.4 is 9.47 Å². The summed E-state index contributed by atoms with van der Waals surface area (Å²) in [6, 6.07) is 10.7. The van der Waals surface area contributed by atoms with Crippen molar-refractivity contribution in [3.8, 4) is 22.9 Å². The van der Waals surface area contributed by atoms with Gasteiger partial charge >= 0.3 is 12.1 Å². The molecule has 3 aromatic rings. The molecule has 0 radical (unpaired) electrons. The van der Waals surface area contributed by atoms with E-state index in [0.29, 0.717) is 17.1 Å². The Labute approximate surface area is 169 Å². The highest BCUT2D eigenvalue weighted by atomic mass is 19.4. The van der Waals surface area contributed by atoms with E-state index in [9.17, 15) is 18.0 Å². The lowest BCUT2D eigenvalue weighted by Gasteiger charge is -2.21. The Bertz CT molecular complexity index is 1010. The maximum Gasteiger partial charge on any atom is 0.416 e. The predicted octanol–water partition coefficient (Wildman–Crippen LogP) is 4.58. The van der Waals surface area contributed by atoms with Gasteiger partial charge in [0.15, 0.2) is 12.2 Å². The van der Waals surface area contributed by atoms with E-state index in [1.54, 1.807) is 24.3 Å². The summed E-state index contributed by atoms with van der Waals surface area (Å²) in [5.41, 5.74) is -1.76. The molecule has 0 aliphatic carbocycles. The molecule has 1 N–H and O–H groups in total. The highest BCUT2D eigenvalue weighted by molar-refractivity contribution is 5.76. The lowest BCUT2D eigenvalue weighted by molar-refractivity contribution is -0.152. The van der Waals surface area contributed by atoms with E-state index >= 15 is 0 Å². The quantitative estimate of drug-likeness (QED) is 0.596. The summed E-state index contributed by atoms with van der Waals surface area (Å²) in [6.45, 7) is 2.81. The first-order valence-electron chi connectivity index (χ1n) is 8.70. The van der Waals surface area contributed by atoms with E-state index in [4.69, 9.17) is 19.1 Å². The standard InChI is InChI=1S/C20H17F3N2O5/c1-19(2,18(26)27)29-15-9-7-14(8-10-15)28-11-16-24-17(25-30-16)12-3-5-13(6-4-12)20(21,22)23/h3-10H,11H2,1-2H3,(H,26,27). The van der Waals surface area contributed by atoms with Crippen molar-refractivity contribution in [2.24, 2.45) is 0 Å². The normalized spacial score (nSPS) is 11.9. The van der Waals surface area contributed by atoms with Gasteiger partial charge in [-0.2, -0.15) is 18.2 Å². The lowest BCUT2D eigenvalue weighted by Crippen LogP contribution is -2.37. The number of halogens is 3. The average molecular weight is 422 g/mol. The van der Waals surface area contributed by atoms with Crippen molar-refractivity contribution in [3.05, 3.63) is 60.0 Å². The van der Waals surface area contributed by atoms with Crippen LogP contribution in [0.2, 0.25) is 0 Å². The zero-order valence-electron chi connectivity index (χ0n) is 15.9. The molecule has 30 heavy (non-hydrogen) atoms. The third-order valence-electron chi connectivity index (χ3n) is 4.01. The molecular formula is C20H17F3N2O5. The Morgan fingerprint density at radius 3 is 2.20 bits per heavy atom. The van der Waals surface area contributed by atoms with Gasteiger partial charge in [-0.25, -0.2) is 4.79 Å². The van der Waals surface area contributed by atoms with Gasteiger partial charge in [0.05, 0.1) is 5.56 Å². The maximum atomic E-state index is 12.6. The van der Waals surface area contributed by atoms with Crippen LogP contribution in [0, 0.1) is 0 Å². The zero-order chi connectivity index (χ0) is 21.9. The fourth-order valence-electron chi connectivity index (χ4n) is 2.33. The summed E-state index contributed by atoms with van der Waals surface area (Å²) in [6.07, 6.45) is -4.42. The van der Waals surface area contributed by atoms with Crippen molar-refractivity contribution in [1.29, 1.82) is 0 Å². The monoisotopic (exact) mass is 422 g/mol. The van der Waals surface area contributed by atoms with E-state index in [-0.39, 0.29) is 18.3 Å². The second-order valence-electron chi connectivity index (χ2n) is 6.76. The van der Waals surface area contributed by atoms with Crippen molar-refractivity contribution < 1.29 is 37.1 Å². The first-order chi connectivity index (χ1) is 14.0. The SMILES string of the molecule is CC(C)(Oc1ccc(OCc2nc(-c3ccc(C(F)(F)F)cc3)no2)cc1)C(=O)O. The first kappa shape index (κ1) is 21.2. The number of alkyl halides is 3. The Balaban J connectivity index is 1.60. The number of carboxylic acids is 1. The number of carbonyl (C=O) groups is 1. The third-order valence-corrected chi connectivity index (χ3v) is 4.01. The summed E-state index contributed by atoms with van der Waals surface area (Å²) < 4.78 is 53.9. The van der Waals surface area contributed by atoms with Crippen LogP contribution in [0.5, 0.6) is 11.5 Å². The molecule has 0 bridgehead atoms. The van der Waals surface area contributed by atoms with E-state index in [0.717, 1.165) is 12.1 Å². The molecule has 10 heteroatoms. The highest BCUT2D eigenvalue weighted by Crippen LogP contribution is 2.30. The molecule has 1 aromatic heterocycles. The molecule has 7 nitrogen and oxygen atoms in total. The van der Waals surface area contributed by atoms with Gasteiger partial charge in [-0.1, -0.05) is 17.3 Å². The van der Waals surface area contributed by atoms with Crippen LogP contribution in [-0.4, -0.2) is 26.8 Å². The molecule has 0 amide bonds. The number of benzene rings is 2. The van der Waals surface area contributed by atoms with Crippen molar-refractivity contribution >= 4 is 5.97 Å². The highest BCUT2D eigenvalue weighted by Gasteiger charge is 2.30. The fraction of sp³-hybridized carbons (Fsp3) is 0.250. The molecule has 0 fully saturated rings.